The molecule has 3 aromatic carbocycles. The SMILES string of the molecule is CSc1cccc(NC(=O)CN(c2cccc(Cl)c2Cl)S(=O)(=O)c2ccc(C)cc2)c1. The normalized spacial score (nSPS) is 11.2. The van der Waals surface area contributed by atoms with Gasteiger partial charge in [-0.3, -0.25) is 9.10 Å². The molecular weight excluding hydrogens is 475 g/mol. The first-order valence-corrected chi connectivity index (χ1v) is 12.6. The average Bonchev–Trinajstić information content (AvgIpc) is 2.74. The van der Waals surface area contributed by atoms with Crippen LogP contribution in [0.25, 0.3) is 0 Å². The van der Waals surface area contributed by atoms with Gasteiger partial charge in [0.2, 0.25) is 5.91 Å². The van der Waals surface area contributed by atoms with E-state index in [2.05, 4.69) is 5.32 Å². The van der Waals surface area contributed by atoms with Crippen LogP contribution in [0, 0.1) is 6.92 Å². The summed E-state index contributed by atoms with van der Waals surface area (Å²) in [5.41, 5.74) is 1.61. The van der Waals surface area contributed by atoms with Gasteiger partial charge >= 0.3 is 0 Å². The molecule has 3 aromatic rings. The molecule has 0 spiro atoms. The first-order chi connectivity index (χ1) is 14.7. The van der Waals surface area contributed by atoms with Gasteiger partial charge in [-0.15, -0.1) is 11.8 Å². The van der Waals surface area contributed by atoms with Gasteiger partial charge in [0, 0.05) is 10.6 Å². The van der Waals surface area contributed by atoms with Crippen molar-refractivity contribution in [2.24, 2.45) is 0 Å². The third-order valence-corrected chi connectivity index (χ3v) is 7.76. The van der Waals surface area contributed by atoms with Gasteiger partial charge in [-0.1, -0.05) is 53.0 Å². The fourth-order valence-corrected chi connectivity index (χ4v) is 5.19. The summed E-state index contributed by atoms with van der Waals surface area (Å²) in [5, 5.41) is 2.99. The minimum absolute atomic E-state index is 0.0475. The third-order valence-electron chi connectivity index (χ3n) is 4.45. The molecule has 0 aliphatic carbocycles. The quantitative estimate of drug-likeness (QED) is 0.417. The number of sulfonamides is 1. The Morgan fingerprint density at radius 3 is 2.39 bits per heavy atom. The van der Waals surface area contributed by atoms with E-state index in [9.17, 15) is 13.2 Å². The predicted octanol–water partition coefficient (Wildman–Crippen LogP) is 5.86. The van der Waals surface area contributed by atoms with Gasteiger partial charge in [-0.2, -0.15) is 0 Å². The van der Waals surface area contributed by atoms with Crippen LogP contribution >= 0.6 is 35.0 Å². The second-order valence-corrected chi connectivity index (χ2v) is 10.2. The first-order valence-electron chi connectivity index (χ1n) is 9.19. The van der Waals surface area contributed by atoms with E-state index in [0.29, 0.717) is 5.69 Å². The molecule has 3 rings (SSSR count). The zero-order valence-corrected chi connectivity index (χ0v) is 19.9. The van der Waals surface area contributed by atoms with Crippen LogP contribution in [-0.4, -0.2) is 27.1 Å². The van der Waals surface area contributed by atoms with Crippen molar-refractivity contribution in [2.45, 2.75) is 16.7 Å². The molecular formula is C22H20Cl2N2O3S2. The molecule has 0 fully saturated rings. The standard InChI is InChI=1S/C22H20Cl2N2O3S2/c1-15-9-11-18(12-10-15)31(28,29)26(20-8-4-7-19(23)22(20)24)14-21(27)25-16-5-3-6-17(13-16)30-2/h3-13H,14H2,1-2H3,(H,25,27). The maximum atomic E-state index is 13.4. The smallest absolute Gasteiger partial charge is 0.264 e. The van der Waals surface area contributed by atoms with E-state index >= 15 is 0 Å². The molecule has 0 unspecified atom stereocenters. The lowest BCUT2D eigenvalue weighted by Crippen LogP contribution is -2.38. The zero-order chi connectivity index (χ0) is 22.6. The van der Waals surface area contributed by atoms with Crippen LogP contribution in [0.2, 0.25) is 10.0 Å². The highest BCUT2D eigenvalue weighted by Gasteiger charge is 2.29. The van der Waals surface area contributed by atoms with E-state index in [1.54, 1.807) is 30.3 Å². The minimum Gasteiger partial charge on any atom is -0.324 e. The van der Waals surface area contributed by atoms with Crippen LogP contribution in [0.5, 0.6) is 0 Å². The molecule has 31 heavy (non-hydrogen) atoms. The molecule has 0 saturated carbocycles. The number of nitrogens with one attached hydrogen (secondary N) is 1. The number of halogens is 2. The van der Waals surface area contributed by atoms with Crippen LogP contribution in [0.1, 0.15) is 5.56 Å². The van der Waals surface area contributed by atoms with Gasteiger partial charge < -0.3 is 5.32 Å². The van der Waals surface area contributed by atoms with Crippen molar-refractivity contribution in [3.8, 4) is 0 Å². The maximum Gasteiger partial charge on any atom is 0.264 e. The fourth-order valence-electron chi connectivity index (χ4n) is 2.85. The Morgan fingerprint density at radius 1 is 1.03 bits per heavy atom. The van der Waals surface area contributed by atoms with Crippen LogP contribution in [-0.2, 0) is 14.8 Å². The second kappa shape index (κ2) is 9.96. The van der Waals surface area contributed by atoms with E-state index < -0.39 is 22.5 Å². The third kappa shape index (κ3) is 5.54. The van der Waals surface area contributed by atoms with Crippen molar-refractivity contribution >= 4 is 62.3 Å². The number of hydrogen-bond donors (Lipinski definition) is 1. The average molecular weight is 495 g/mol. The van der Waals surface area contributed by atoms with Crippen LogP contribution in [0.15, 0.2) is 76.5 Å². The van der Waals surface area contributed by atoms with Crippen LogP contribution in [0.3, 0.4) is 0 Å². The van der Waals surface area contributed by atoms with Gasteiger partial charge in [0.25, 0.3) is 10.0 Å². The minimum atomic E-state index is -4.09. The monoisotopic (exact) mass is 494 g/mol. The van der Waals surface area contributed by atoms with Crippen molar-refractivity contribution < 1.29 is 13.2 Å². The maximum absolute atomic E-state index is 13.4. The van der Waals surface area contributed by atoms with Crippen molar-refractivity contribution in [2.75, 3.05) is 22.4 Å². The molecule has 0 bridgehead atoms. The topological polar surface area (TPSA) is 66.5 Å². The van der Waals surface area contributed by atoms with E-state index in [1.807, 2.05) is 31.4 Å². The van der Waals surface area contributed by atoms with Gasteiger partial charge in [0.15, 0.2) is 0 Å². The van der Waals surface area contributed by atoms with Gasteiger partial charge in [0.05, 0.1) is 20.6 Å². The molecule has 0 aliphatic heterocycles. The Kier molecular flexibility index (Phi) is 7.54. The summed E-state index contributed by atoms with van der Waals surface area (Å²) in [6, 6.07) is 18.3. The molecule has 9 heteroatoms. The molecule has 162 valence electrons. The number of carbonyl (C=O) groups excluding carboxylic acids is 1. The summed E-state index contributed by atoms with van der Waals surface area (Å²) in [6.45, 7) is 1.39. The van der Waals surface area contributed by atoms with Gasteiger partial charge in [-0.25, -0.2) is 8.42 Å². The van der Waals surface area contributed by atoms with E-state index in [0.717, 1.165) is 14.8 Å². The number of thioether (sulfide) groups is 1. The van der Waals surface area contributed by atoms with Crippen LogP contribution in [0.4, 0.5) is 11.4 Å². The number of hydrogen-bond acceptors (Lipinski definition) is 4. The summed E-state index contributed by atoms with van der Waals surface area (Å²) < 4.78 is 27.8. The molecule has 0 aromatic heterocycles. The van der Waals surface area contributed by atoms with Gasteiger partial charge in [-0.05, 0) is 55.6 Å². The number of anilines is 2. The Balaban J connectivity index is 1.98. The first kappa shape index (κ1) is 23.5. The summed E-state index contributed by atoms with van der Waals surface area (Å²) in [4.78, 5) is 13.8. The zero-order valence-electron chi connectivity index (χ0n) is 16.8. The number of rotatable bonds is 7. The van der Waals surface area contributed by atoms with Crippen molar-refractivity contribution in [1.29, 1.82) is 0 Å². The van der Waals surface area contributed by atoms with E-state index in [4.69, 9.17) is 23.2 Å². The largest absolute Gasteiger partial charge is 0.324 e. The molecule has 5 nitrogen and oxygen atoms in total. The van der Waals surface area contributed by atoms with Crippen molar-refractivity contribution in [3.05, 3.63) is 82.3 Å². The van der Waals surface area contributed by atoms with Crippen molar-refractivity contribution in [3.63, 3.8) is 0 Å². The van der Waals surface area contributed by atoms with E-state index in [1.165, 1.54) is 30.0 Å². The molecule has 1 amide bonds. The van der Waals surface area contributed by atoms with Crippen LogP contribution < -0.4 is 9.62 Å². The Hall–Kier alpha value is -2.19. The molecule has 0 radical (unpaired) electrons. The van der Waals surface area contributed by atoms with E-state index in [-0.39, 0.29) is 20.6 Å². The number of aryl methyl sites for hydroxylation is 1. The second-order valence-electron chi connectivity index (χ2n) is 6.68. The summed E-state index contributed by atoms with van der Waals surface area (Å²) in [5.74, 6) is -0.509. The number of amides is 1. The lowest BCUT2D eigenvalue weighted by molar-refractivity contribution is -0.114. The summed E-state index contributed by atoms with van der Waals surface area (Å²) in [6.07, 6.45) is 1.93. The number of carbonyl (C=O) groups is 1. The Bertz CT molecular complexity index is 1200. The fraction of sp³-hybridized carbons (Fsp3) is 0.136. The molecule has 0 atom stereocenters. The number of nitrogens with zero attached hydrogens (tertiary/aromatic N) is 1. The highest BCUT2D eigenvalue weighted by molar-refractivity contribution is 7.98. The molecule has 0 saturated heterocycles. The van der Waals surface area contributed by atoms with Gasteiger partial charge in [0.1, 0.15) is 6.54 Å². The molecule has 0 heterocycles. The lowest BCUT2D eigenvalue weighted by Gasteiger charge is -2.25. The highest BCUT2D eigenvalue weighted by Crippen LogP contribution is 2.35. The predicted molar refractivity (Wildman–Crippen MR) is 129 cm³/mol. The molecule has 0 aliphatic rings. The summed E-state index contributed by atoms with van der Waals surface area (Å²) >= 11 is 14.0. The lowest BCUT2D eigenvalue weighted by atomic mass is 10.2. The molecule has 1 N–H and O–H groups in total. The Morgan fingerprint density at radius 2 is 1.71 bits per heavy atom. The summed E-state index contributed by atoms with van der Waals surface area (Å²) in [7, 11) is -4.09. The highest BCUT2D eigenvalue weighted by atomic mass is 35.5. The Labute approximate surface area is 196 Å². The number of benzene rings is 3. The van der Waals surface area contributed by atoms with Crippen molar-refractivity contribution in [1.82, 2.24) is 0 Å².